The van der Waals surface area contributed by atoms with Crippen molar-refractivity contribution >= 4 is 52.4 Å². The summed E-state index contributed by atoms with van der Waals surface area (Å²) in [6.07, 6.45) is 1.81. The van der Waals surface area contributed by atoms with E-state index in [1.54, 1.807) is 0 Å². The molecule has 0 aliphatic heterocycles. The van der Waals surface area contributed by atoms with Crippen LogP contribution in [0.5, 0.6) is 5.75 Å². The molecule has 0 bridgehead atoms. The van der Waals surface area contributed by atoms with Crippen LogP contribution in [0.25, 0.3) is 0 Å². The monoisotopic (exact) mass is 524 g/mol. The molecule has 0 saturated carbocycles. The van der Waals surface area contributed by atoms with E-state index < -0.39 is 30.0 Å². The van der Waals surface area contributed by atoms with E-state index in [0.29, 0.717) is 6.54 Å². The van der Waals surface area contributed by atoms with Gasteiger partial charge in [0, 0.05) is 29.7 Å². The number of halogens is 2. The number of aromatic hydroxyl groups is 1. The molecule has 2 aromatic rings. The number of benzene rings is 1. The third kappa shape index (κ3) is 8.30. The summed E-state index contributed by atoms with van der Waals surface area (Å²) in [4.78, 5) is 55.2. The highest BCUT2D eigenvalue weighted by atomic mass is 35.5. The number of aliphatic imine (C=N–C) groups is 1. The number of nitrogens with zero attached hydrogens (tertiary/aromatic N) is 1. The number of anilines is 1. The second kappa shape index (κ2) is 12.8. The van der Waals surface area contributed by atoms with Crippen molar-refractivity contribution in [1.82, 2.24) is 15.6 Å². The van der Waals surface area contributed by atoms with Crippen LogP contribution >= 0.6 is 23.2 Å². The number of Topliss-reactive ketones (excluding diaryl/α,β-unsaturated/α-hetero) is 1. The molecule has 1 aromatic carbocycles. The minimum Gasteiger partial charge on any atom is -0.506 e. The molecule has 13 heteroatoms. The first-order valence-electron chi connectivity index (χ1n) is 10.6. The van der Waals surface area contributed by atoms with E-state index in [4.69, 9.17) is 28.9 Å². The Labute approximate surface area is 211 Å². The number of guanidine groups is 1. The average Bonchev–Trinajstić information content (AvgIpc) is 2.79. The van der Waals surface area contributed by atoms with Gasteiger partial charge in [0.1, 0.15) is 17.2 Å². The van der Waals surface area contributed by atoms with Gasteiger partial charge in [-0.2, -0.15) is 0 Å². The predicted octanol–water partition coefficient (Wildman–Crippen LogP) is 2.09. The van der Waals surface area contributed by atoms with Crippen LogP contribution in [0.15, 0.2) is 34.2 Å². The van der Waals surface area contributed by atoms with Crippen LogP contribution in [0.1, 0.15) is 48.7 Å². The Morgan fingerprint density at radius 2 is 1.94 bits per heavy atom. The minimum atomic E-state index is -0.928. The van der Waals surface area contributed by atoms with E-state index >= 15 is 0 Å². The molecule has 35 heavy (non-hydrogen) atoms. The second-order valence-corrected chi connectivity index (χ2v) is 8.40. The Morgan fingerprint density at radius 3 is 2.60 bits per heavy atom. The number of rotatable bonds is 10. The van der Waals surface area contributed by atoms with Crippen molar-refractivity contribution in [3.8, 4) is 5.75 Å². The van der Waals surface area contributed by atoms with Gasteiger partial charge in [-0.3, -0.25) is 24.2 Å². The lowest BCUT2D eigenvalue weighted by Crippen LogP contribution is -2.39. The summed E-state index contributed by atoms with van der Waals surface area (Å²) in [6, 6.07) is 3.05. The molecule has 0 aliphatic carbocycles. The molecule has 2 rings (SSSR count). The molecular weight excluding hydrogens is 499 g/mol. The van der Waals surface area contributed by atoms with Gasteiger partial charge in [-0.1, -0.05) is 30.1 Å². The number of H-pyrrole nitrogens is 1. The first-order chi connectivity index (χ1) is 16.5. The van der Waals surface area contributed by atoms with E-state index in [1.807, 2.05) is 6.92 Å². The molecule has 0 radical (unpaired) electrons. The first kappa shape index (κ1) is 27.7. The maximum absolute atomic E-state index is 12.5. The fourth-order valence-corrected chi connectivity index (χ4v) is 3.51. The molecule has 1 aromatic heterocycles. The predicted molar refractivity (Wildman–Crippen MR) is 134 cm³/mol. The molecule has 7 N–H and O–H groups in total. The number of aromatic nitrogens is 1. The number of ketones is 1. The number of nitrogens with two attached hydrogens (primary N) is 1. The van der Waals surface area contributed by atoms with Gasteiger partial charge in [0.15, 0.2) is 5.96 Å². The van der Waals surface area contributed by atoms with E-state index in [9.17, 15) is 24.3 Å². The third-order valence-corrected chi connectivity index (χ3v) is 5.11. The lowest BCUT2D eigenvalue weighted by Gasteiger charge is -2.20. The van der Waals surface area contributed by atoms with Crippen LogP contribution in [0.3, 0.4) is 0 Å². The Kier molecular flexibility index (Phi) is 10.1. The quantitative estimate of drug-likeness (QED) is 0.203. The van der Waals surface area contributed by atoms with Crippen molar-refractivity contribution in [1.29, 1.82) is 0 Å². The fourth-order valence-electron chi connectivity index (χ4n) is 3.00. The van der Waals surface area contributed by atoms with Crippen molar-refractivity contribution in [2.45, 2.75) is 32.7 Å². The van der Waals surface area contributed by atoms with Gasteiger partial charge in [-0.05, 0) is 31.5 Å². The summed E-state index contributed by atoms with van der Waals surface area (Å²) < 4.78 is 0. The molecule has 188 valence electrons. The Bertz CT molecular complexity index is 1200. The zero-order valence-electron chi connectivity index (χ0n) is 19.1. The van der Waals surface area contributed by atoms with Crippen molar-refractivity contribution in [3.05, 3.63) is 55.9 Å². The number of aromatic amines is 1. The van der Waals surface area contributed by atoms with Crippen LogP contribution in [0, 0.1) is 0 Å². The van der Waals surface area contributed by atoms with Gasteiger partial charge in [0.25, 0.3) is 11.5 Å². The summed E-state index contributed by atoms with van der Waals surface area (Å²) in [6.45, 7) is 3.26. The smallest absolute Gasteiger partial charge is 0.271 e. The fraction of sp³-hybridized carbons (Fsp3) is 0.318. The number of amides is 2. The largest absolute Gasteiger partial charge is 0.506 e. The van der Waals surface area contributed by atoms with Gasteiger partial charge in [-0.15, -0.1) is 0 Å². The number of phenols is 1. The molecule has 2 amide bonds. The number of nitrogens with one attached hydrogen (secondary N) is 4. The lowest BCUT2D eigenvalue weighted by atomic mass is 10.0. The molecule has 1 unspecified atom stereocenters. The average molecular weight is 525 g/mol. The van der Waals surface area contributed by atoms with Crippen molar-refractivity contribution in [2.24, 2.45) is 10.7 Å². The Balaban J connectivity index is 2.09. The van der Waals surface area contributed by atoms with Crippen LogP contribution in [0.4, 0.5) is 5.69 Å². The van der Waals surface area contributed by atoms with Gasteiger partial charge < -0.3 is 31.8 Å². The number of carbonyl (C=O) groups is 3. The van der Waals surface area contributed by atoms with Crippen LogP contribution in [-0.4, -0.2) is 46.7 Å². The topological polar surface area (TPSA) is 179 Å². The number of hydrogen-bond donors (Lipinski definition) is 6. The Hall–Kier alpha value is -3.57. The highest BCUT2D eigenvalue weighted by Gasteiger charge is 2.22. The molecular formula is C22H26Cl2N6O5. The van der Waals surface area contributed by atoms with Gasteiger partial charge in [0.2, 0.25) is 5.91 Å². The minimum absolute atomic E-state index is 0.00860. The van der Waals surface area contributed by atoms with Crippen molar-refractivity contribution in [2.75, 3.05) is 18.4 Å². The van der Waals surface area contributed by atoms with Crippen molar-refractivity contribution in [3.63, 3.8) is 0 Å². The highest BCUT2D eigenvalue weighted by Crippen LogP contribution is 2.36. The van der Waals surface area contributed by atoms with E-state index in [-0.39, 0.29) is 50.8 Å². The summed E-state index contributed by atoms with van der Waals surface area (Å²) in [5.41, 5.74) is 5.43. The summed E-state index contributed by atoms with van der Waals surface area (Å²) >= 11 is 11.9. The maximum atomic E-state index is 12.5. The standard InChI is InChI=1S/C22H26Cl2N6O5/c1-3-4-26-22(25)30-17-6-12(9-27-21(17)35)20(34)28-10-18(32)29-16(5-11(2)31)14-7-13(23)8-15(24)19(14)33/h6-9,16,33H,3-5,10H2,1-2H3,(H,27,35)(H,28,34)(H,29,32)(H3,25,26,30). The summed E-state index contributed by atoms with van der Waals surface area (Å²) in [5, 5.41) is 18.1. The first-order valence-corrected chi connectivity index (χ1v) is 11.3. The number of carbonyl (C=O) groups excluding carboxylic acids is 3. The molecule has 0 spiro atoms. The molecule has 11 nitrogen and oxygen atoms in total. The lowest BCUT2D eigenvalue weighted by molar-refractivity contribution is -0.121. The van der Waals surface area contributed by atoms with Crippen molar-refractivity contribution < 1.29 is 19.5 Å². The third-order valence-electron chi connectivity index (χ3n) is 4.60. The molecule has 0 fully saturated rings. The number of phenolic OH excluding ortho intramolecular Hbond substituents is 1. The van der Waals surface area contributed by atoms with Crippen LogP contribution in [-0.2, 0) is 9.59 Å². The van der Waals surface area contributed by atoms with E-state index in [1.165, 1.54) is 31.3 Å². The molecule has 0 aliphatic rings. The summed E-state index contributed by atoms with van der Waals surface area (Å²) in [7, 11) is 0. The zero-order valence-corrected chi connectivity index (χ0v) is 20.6. The highest BCUT2D eigenvalue weighted by molar-refractivity contribution is 6.35. The number of hydrogen-bond acceptors (Lipinski definition) is 6. The Morgan fingerprint density at radius 1 is 1.23 bits per heavy atom. The van der Waals surface area contributed by atoms with Crippen LogP contribution < -0.4 is 27.2 Å². The molecule has 1 atom stereocenters. The maximum Gasteiger partial charge on any atom is 0.271 e. The SMILES string of the molecule is CCCN=C(N)Nc1cc(C(=O)NCC(=O)NC(CC(C)=O)c2cc(Cl)cc(Cl)c2O)c[nH]c1=O. The van der Waals surface area contributed by atoms with Gasteiger partial charge >= 0.3 is 0 Å². The van der Waals surface area contributed by atoms with E-state index in [2.05, 4.69) is 25.9 Å². The molecule has 0 saturated heterocycles. The second-order valence-electron chi connectivity index (χ2n) is 7.56. The van der Waals surface area contributed by atoms with Gasteiger partial charge in [0.05, 0.1) is 23.2 Å². The van der Waals surface area contributed by atoms with Crippen LogP contribution in [0.2, 0.25) is 10.0 Å². The van der Waals surface area contributed by atoms with E-state index in [0.717, 1.165) is 6.42 Å². The summed E-state index contributed by atoms with van der Waals surface area (Å²) in [5.74, 6) is -1.85. The normalized spacial score (nSPS) is 12.1. The number of pyridine rings is 1. The zero-order chi connectivity index (χ0) is 26.1. The van der Waals surface area contributed by atoms with Gasteiger partial charge in [-0.25, -0.2) is 0 Å². The molecule has 1 heterocycles.